The van der Waals surface area contributed by atoms with Crippen LogP contribution in [0.3, 0.4) is 0 Å². The van der Waals surface area contributed by atoms with Gasteiger partial charge in [-0.15, -0.1) is 0 Å². The van der Waals surface area contributed by atoms with Crippen LogP contribution in [0.5, 0.6) is 0 Å². The maximum Gasteiger partial charge on any atom is 0.335 e. The number of carboxylic acid groups (broad SMARTS) is 1. The Balaban J connectivity index is 1.80. The van der Waals surface area contributed by atoms with E-state index in [1.807, 2.05) is 19.9 Å². The predicted molar refractivity (Wildman–Crippen MR) is 88.2 cm³/mol. The first-order chi connectivity index (χ1) is 10.9. The Labute approximate surface area is 135 Å². The quantitative estimate of drug-likeness (QED) is 0.569. The van der Waals surface area contributed by atoms with Gasteiger partial charge < -0.3 is 10.4 Å². The van der Waals surface area contributed by atoms with E-state index >= 15 is 0 Å². The molecule has 0 saturated heterocycles. The molecule has 0 aliphatic rings. The lowest BCUT2D eigenvalue weighted by molar-refractivity contribution is 0.0697. The van der Waals surface area contributed by atoms with Gasteiger partial charge in [-0.25, -0.2) is 14.8 Å². The second kappa shape index (κ2) is 7.66. The first kappa shape index (κ1) is 16.9. The summed E-state index contributed by atoms with van der Waals surface area (Å²) in [7, 11) is 0. The molecule has 1 aromatic heterocycles. The molecule has 122 valence electrons. The summed E-state index contributed by atoms with van der Waals surface area (Å²) in [5.41, 5.74) is 9.04. The summed E-state index contributed by atoms with van der Waals surface area (Å²) in [5.74, 6) is -0.428. The third kappa shape index (κ3) is 5.32. The molecular weight excluding hydrogens is 294 g/mol. The van der Waals surface area contributed by atoms with Gasteiger partial charge in [-0.2, -0.15) is 0 Å². The van der Waals surface area contributed by atoms with Crippen LogP contribution < -0.4 is 16.4 Å². The molecule has 23 heavy (non-hydrogen) atoms. The highest BCUT2D eigenvalue weighted by molar-refractivity contribution is 5.87. The molecule has 0 fully saturated rings. The minimum atomic E-state index is -0.922. The van der Waals surface area contributed by atoms with Crippen molar-refractivity contribution in [3.8, 4) is 0 Å². The largest absolute Gasteiger partial charge is 0.478 e. The topological polar surface area (TPSA) is 113 Å². The Kier molecular flexibility index (Phi) is 5.61. The molecule has 7 nitrogen and oxygen atoms in total. The number of rotatable bonds is 7. The van der Waals surface area contributed by atoms with Crippen molar-refractivity contribution in [2.24, 2.45) is 5.73 Å². The number of anilines is 1. The predicted octanol–water partition coefficient (Wildman–Crippen LogP) is 1.28. The van der Waals surface area contributed by atoms with Crippen LogP contribution in [0.1, 0.15) is 27.3 Å². The van der Waals surface area contributed by atoms with Gasteiger partial charge in [0.1, 0.15) is 6.29 Å². The highest BCUT2D eigenvalue weighted by atomic mass is 16.4. The van der Waals surface area contributed by atoms with Gasteiger partial charge in [-0.05, 0) is 44.0 Å². The first-order valence-electron chi connectivity index (χ1n) is 7.34. The number of aromatic nitrogens is 2. The highest BCUT2D eigenvalue weighted by Gasteiger charge is 2.06. The fourth-order valence-corrected chi connectivity index (χ4v) is 2.17. The Bertz CT molecular complexity index is 652. The van der Waals surface area contributed by atoms with E-state index in [4.69, 9.17) is 10.8 Å². The fourth-order valence-electron chi connectivity index (χ4n) is 2.17. The van der Waals surface area contributed by atoms with Gasteiger partial charge in [0.25, 0.3) is 0 Å². The van der Waals surface area contributed by atoms with Crippen molar-refractivity contribution in [3.63, 3.8) is 0 Å². The summed E-state index contributed by atoms with van der Waals surface area (Å²) in [6.45, 7) is 4.45. The SMILES string of the molecule is Cc1cc(C)nc(NC(N)NCCc2ccc(C(=O)O)cc2)n1. The van der Waals surface area contributed by atoms with Gasteiger partial charge in [0.2, 0.25) is 5.95 Å². The molecule has 1 heterocycles. The van der Waals surface area contributed by atoms with E-state index in [1.54, 1.807) is 24.3 Å². The molecule has 0 spiro atoms. The zero-order valence-corrected chi connectivity index (χ0v) is 13.2. The standard InChI is InChI=1S/C16H21N5O2/c1-10-9-11(2)20-16(19-10)21-15(17)18-8-7-12-3-5-13(6-4-12)14(22)23/h3-6,9,15,18H,7-8,17H2,1-2H3,(H,22,23)(H,19,20,21). The van der Waals surface area contributed by atoms with Crippen LogP contribution in [0.15, 0.2) is 30.3 Å². The number of aryl methyl sites for hydroxylation is 2. The molecule has 5 N–H and O–H groups in total. The normalized spacial score (nSPS) is 12.0. The lowest BCUT2D eigenvalue weighted by Crippen LogP contribution is -2.45. The maximum atomic E-state index is 10.8. The van der Waals surface area contributed by atoms with E-state index < -0.39 is 12.3 Å². The second-order valence-corrected chi connectivity index (χ2v) is 5.30. The van der Waals surface area contributed by atoms with E-state index in [9.17, 15) is 4.79 Å². The smallest absolute Gasteiger partial charge is 0.335 e. The molecule has 0 aliphatic heterocycles. The van der Waals surface area contributed by atoms with E-state index in [0.29, 0.717) is 12.5 Å². The van der Waals surface area contributed by atoms with Crippen LogP contribution >= 0.6 is 0 Å². The van der Waals surface area contributed by atoms with Crippen molar-refractivity contribution < 1.29 is 9.90 Å². The minimum absolute atomic E-state index is 0.284. The zero-order chi connectivity index (χ0) is 16.8. The average molecular weight is 315 g/mol. The van der Waals surface area contributed by atoms with Crippen LogP contribution in [-0.4, -0.2) is 33.9 Å². The molecular formula is C16H21N5O2. The second-order valence-electron chi connectivity index (χ2n) is 5.30. The number of nitrogens with two attached hydrogens (primary N) is 1. The summed E-state index contributed by atoms with van der Waals surface area (Å²) in [6.07, 6.45) is 0.276. The number of hydrogen-bond acceptors (Lipinski definition) is 6. The molecule has 2 rings (SSSR count). The first-order valence-corrected chi connectivity index (χ1v) is 7.34. The third-order valence-electron chi connectivity index (χ3n) is 3.25. The van der Waals surface area contributed by atoms with Gasteiger partial charge in [0.05, 0.1) is 5.56 Å². The van der Waals surface area contributed by atoms with Crippen molar-refractivity contribution >= 4 is 11.9 Å². The van der Waals surface area contributed by atoms with Crippen LogP contribution in [0, 0.1) is 13.8 Å². The number of hydrogen-bond donors (Lipinski definition) is 4. The summed E-state index contributed by atoms with van der Waals surface area (Å²) < 4.78 is 0. The summed E-state index contributed by atoms with van der Waals surface area (Å²) >= 11 is 0. The van der Waals surface area contributed by atoms with Gasteiger partial charge in [0.15, 0.2) is 0 Å². The van der Waals surface area contributed by atoms with E-state index in [2.05, 4.69) is 20.6 Å². The van der Waals surface area contributed by atoms with Gasteiger partial charge in [-0.1, -0.05) is 12.1 Å². The molecule has 7 heteroatoms. The Hall–Kier alpha value is -2.51. The van der Waals surface area contributed by atoms with Crippen LogP contribution in [0.4, 0.5) is 5.95 Å². The van der Waals surface area contributed by atoms with Crippen LogP contribution in [0.2, 0.25) is 0 Å². The number of carbonyl (C=O) groups is 1. The Morgan fingerprint density at radius 3 is 2.39 bits per heavy atom. The maximum absolute atomic E-state index is 10.8. The van der Waals surface area contributed by atoms with Gasteiger partial charge in [0, 0.05) is 17.9 Å². The molecule has 1 unspecified atom stereocenters. The molecule has 0 saturated carbocycles. The lowest BCUT2D eigenvalue weighted by atomic mass is 10.1. The Morgan fingerprint density at radius 1 is 1.22 bits per heavy atom. The third-order valence-corrected chi connectivity index (χ3v) is 3.25. The summed E-state index contributed by atoms with van der Waals surface area (Å²) in [6, 6.07) is 8.69. The number of nitrogens with zero attached hydrogens (tertiary/aromatic N) is 2. The van der Waals surface area contributed by atoms with Crippen LogP contribution in [-0.2, 0) is 6.42 Å². The minimum Gasteiger partial charge on any atom is -0.478 e. The van der Waals surface area contributed by atoms with E-state index in [-0.39, 0.29) is 5.56 Å². The monoisotopic (exact) mass is 315 g/mol. The molecule has 2 aromatic rings. The zero-order valence-electron chi connectivity index (χ0n) is 13.2. The van der Waals surface area contributed by atoms with Crippen molar-refractivity contribution in [1.29, 1.82) is 0 Å². The summed E-state index contributed by atoms with van der Waals surface area (Å²) in [4.78, 5) is 19.3. The average Bonchev–Trinajstić information content (AvgIpc) is 2.46. The molecule has 1 atom stereocenters. The number of carboxylic acids is 1. The molecule has 0 amide bonds. The number of benzene rings is 1. The van der Waals surface area contributed by atoms with E-state index in [1.165, 1.54) is 0 Å². The highest BCUT2D eigenvalue weighted by Crippen LogP contribution is 2.05. The fraction of sp³-hybridized carbons (Fsp3) is 0.312. The van der Waals surface area contributed by atoms with E-state index in [0.717, 1.165) is 23.4 Å². The molecule has 0 radical (unpaired) electrons. The molecule has 0 aliphatic carbocycles. The Morgan fingerprint density at radius 2 is 1.83 bits per heavy atom. The lowest BCUT2D eigenvalue weighted by Gasteiger charge is -2.16. The summed E-state index contributed by atoms with van der Waals surface area (Å²) in [5, 5.41) is 15.0. The molecule has 0 bridgehead atoms. The van der Waals surface area contributed by atoms with Gasteiger partial charge >= 0.3 is 5.97 Å². The number of aromatic carboxylic acids is 1. The van der Waals surface area contributed by atoms with Crippen molar-refractivity contribution in [2.75, 3.05) is 11.9 Å². The molecule has 1 aromatic carbocycles. The van der Waals surface area contributed by atoms with Crippen molar-refractivity contribution in [2.45, 2.75) is 26.6 Å². The van der Waals surface area contributed by atoms with Crippen molar-refractivity contribution in [1.82, 2.24) is 15.3 Å². The van der Waals surface area contributed by atoms with Crippen molar-refractivity contribution in [3.05, 3.63) is 52.8 Å². The van der Waals surface area contributed by atoms with Crippen LogP contribution in [0.25, 0.3) is 0 Å². The number of nitrogens with one attached hydrogen (secondary N) is 2. The van der Waals surface area contributed by atoms with Gasteiger partial charge in [-0.3, -0.25) is 11.1 Å².